The smallest absolute Gasteiger partial charge is 0.545 e. The SMILES string of the molecule is C=C(CC(=O)O)C(=O)O.C=CC(=O)[O-].[Na+]. The van der Waals surface area contributed by atoms with E-state index in [4.69, 9.17) is 20.1 Å². The second-order valence-electron chi connectivity index (χ2n) is 2.00. The van der Waals surface area contributed by atoms with Crippen molar-refractivity contribution in [1.29, 1.82) is 0 Å². The average molecular weight is 224 g/mol. The molecule has 0 aliphatic carbocycles. The molecule has 0 aliphatic heterocycles. The van der Waals surface area contributed by atoms with Crippen LogP contribution in [0.15, 0.2) is 24.8 Å². The summed E-state index contributed by atoms with van der Waals surface area (Å²) in [5.41, 5.74) is -0.303. The van der Waals surface area contributed by atoms with E-state index in [2.05, 4.69) is 13.2 Å². The maximum absolute atomic E-state index is 9.87. The number of rotatable bonds is 4. The molecule has 0 aromatic heterocycles. The van der Waals surface area contributed by atoms with Crippen LogP contribution in [0.3, 0.4) is 0 Å². The third-order valence-electron chi connectivity index (χ3n) is 0.834. The second-order valence-corrected chi connectivity index (χ2v) is 2.00. The molecule has 0 aliphatic rings. The van der Waals surface area contributed by atoms with Gasteiger partial charge in [-0.2, -0.15) is 0 Å². The minimum Gasteiger partial charge on any atom is -0.545 e. The largest absolute Gasteiger partial charge is 1.00 e. The van der Waals surface area contributed by atoms with E-state index in [-0.39, 0.29) is 35.1 Å². The maximum Gasteiger partial charge on any atom is 1.00 e. The molecule has 0 atom stereocenters. The fourth-order valence-corrected chi connectivity index (χ4v) is 0.258. The Morgan fingerprint density at radius 3 is 1.67 bits per heavy atom. The van der Waals surface area contributed by atoms with E-state index < -0.39 is 24.3 Å². The molecule has 0 radical (unpaired) electrons. The quantitative estimate of drug-likeness (QED) is 0.372. The first-order valence-electron chi connectivity index (χ1n) is 3.27. The molecule has 0 saturated heterocycles. The molecule has 0 amide bonds. The van der Waals surface area contributed by atoms with E-state index in [1.165, 1.54) is 0 Å². The molecule has 78 valence electrons. The molecule has 0 aromatic carbocycles. The zero-order valence-corrected chi connectivity index (χ0v) is 10.2. The van der Waals surface area contributed by atoms with E-state index in [0.29, 0.717) is 0 Å². The zero-order valence-electron chi connectivity index (χ0n) is 8.23. The van der Waals surface area contributed by atoms with Crippen LogP contribution in [-0.2, 0) is 14.4 Å². The van der Waals surface area contributed by atoms with Crippen LogP contribution in [0.1, 0.15) is 6.42 Å². The molecule has 0 spiro atoms. The summed E-state index contributed by atoms with van der Waals surface area (Å²) in [5.74, 6) is -3.68. The van der Waals surface area contributed by atoms with Crippen LogP contribution in [0.25, 0.3) is 0 Å². The van der Waals surface area contributed by atoms with Crippen molar-refractivity contribution in [1.82, 2.24) is 0 Å². The van der Waals surface area contributed by atoms with Gasteiger partial charge in [-0.25, -0.2) is 4.79 Å². The van der Waals surface area contributed by atoms with Crippen LogP contribution >= 0.6 is 0 Å². The van der Waals surface area contributed by atoms with Gasteiger partial charge < -0.3 is 20.1 Å². The molecular weight excluding hydrogens is 215 g/mol. The first-order valence-corrected chi connectivity index (χ1v) is 3.27. The predicted molar refractivity (Wildman–Crippen MR) is 44.2 cm³/mol. The van der Waals surface area contributed by atoms with E-state index in [1.807, 2.05) is 0 Å². The van der Waals surface area contributed by atoms with E-state index in [1.54, 1.807) is 0 Å². The molecule has 7 heteroatoms. The summed E-state index contributed by atoms with van der Waals surface area (Å²) < 4.78 is 0. The van der Waals surface area contributed by atoms with Crippen LogP contribution < -0.4 is 34.7 Å². The number of hydrogen-bond acceptors (Lipinski definition) is 4. The summed E-state index contributed by atoms with van der Waals surface area (Å²) in [4.78, 5) is 28.8. The molecule has 6 nitrogen and oxygen atoms in total. The van der Waals surface area contributed by atoms with Crippen molar-refractivity contribution in [2.24, 2.45) is 0 Å². The van der Waals surface area contributed by atoms with Gasteiger partial charge in [0.15, 0.2) is 0 Å². The van der Waals surface area contributed by atoms with Gasteiger partial charge >= 0.3 is 41.5 Å². The summed E-state index contributed by atoms with van der Waals surface area (Å²) in [6, 6.07) is 0. The van der Waals surface area contributed by atoms with Crippen molar-refractivity contribution >= 4 is 17.9 Å². The molecular formula is C8H9NaO6. The van der Waals surface area contributed by atoms with Crippen molar-refractivity contribution in [2.75, 3.05) is 0 Å². The Morgan fingerprint density at radius 2 is 1.60 bits per heavy atom. The van der Waals surface area contributed by atoms with Gasteiger partial charge in [-0.15, -0.1) is 0 Å². The standard InChI is InChI=1S/C5H6O4.C3H4O2.Na/c1-3(5(8)9)2-4(6)7;1-2-3(4)5;/h1-2H2,(H,6,7)(H,8,9);2H,1H2,(H,4,5);/q;;+1/p-1. The summed E-state index contributed by atoms with van der Waals surface area (Å²) >= 11 is 0. The number of aliphatic carboxylic acids is 3. The van der Waals surface area contributed by atoms with Gasteiger partial charge in [0.2, 0.25) is 0 Å². The normalized spacial score (nSPS) is 7.20. The molecule has 0 heterocycles. The first kappa shape index (κ1) is 19.5. The molecule has 0 unspecified atom stereocenters. The van der Waals surface area contributed by atoms with Crippen LogP contribution in [0, 0.1) is 0 Å². The van der Waals surface area contributed by atoms with Gasteiger partial charge in [0.05, 0.1) is 12.4 Å². The summed E-state index contributed by atoms with van der Waals surface area (Å²) in [5, 5.41) is 25.2. The van der Waals surface area contributed by atoms with Gasteiger partial charge in [0.1, 0.15) is 0 Å². The van der Waals surface area contributed by atoms with Crippen molar-refractivity contribution in [3.63, 3.8) is 0 Å². The van der Waals surface area contributed by atoms with Gasteiger partial charge in [-0.3, -0.25) is 4.79 Å². The molecule has 0 rings (SSSR count). The third-order valence-corrected chi connectivity index (χ3v) is 0.834. The number of carbonyl (C=O) groups excluding carboxylic acids is 1. The average Bonchev–Trinajstić information content (AvgIpc) is 2.04. The van der Waals surface area contributed by atoms with Gasteiger partial charge in [0.25, 0.3) is 0 Å². The Kier molecular flexibility index (Phi) is 14.2. The Bertz CT molecular complexity index is 270. The van der Waals surface area contributed by atoms with Crippen molar-refractivity contribution in [3.05, 3.63) is 24.8 Å². The predicted octanol–water partition coefficient (Wildman–Crippen LogP) is -3.97. The Hall–Kier alpha value is -1.11. The molecule has 0 saturated carbocycles. The Balaban J connectivity index is -0.000000208. The molecule has 15 heavy (non-hydrogen) atoms. The Morgan fingerprint density at radius 1 is 1.27 bits per heavy atom. The monoisotopic (exact) mass is 224 g/mol. The van der Waals surface area contributed by atoms with E-state index in [9.17, 15) is 9.59 Å². The van der Waals surface area contributed by atoms with E-state index >= 15 is 0 Å². The van der Waals surface area contributed by atoms with Gasteiger partial charge in [0, 0.05) is 5.57 Å². The van der Waals surface area contributed by atoms with Crippen LogP contribution in [0.4, 0.5) is 0 Å². The molecule has 0 aromatic rings. The number of carbonyl (C=O) groups is 3. The summed E-state index contributed by atoms with van der Waals surface area (Å²) in [6.07, 6.45) is 0.218. The fourth-order valence-electron chi connectivity index (χ4n) is 0.258. The topological polar surface area (TPSA) is 115 Å². The minimum atomic E-state index is -1.27. The van der Waals surface area contributed by atoms with Crippen molar-refractivity contribution in [3.8, 4) is 0 Å². The van der Waals surface area contributed by atoms with Gasteiger partial charge in [-0.05, 0) is 6.08 Å². The zero-order chi connectivity index (χ0) is 11.7. The summed E-state index contributed by atoms with van der Waals surface area (Å²) in [7, 11) is 0. The Labute approximate surface area is 108 Å². The second kappa shape index (κ2) is 11.0. The van der Waals surface area contributed by atoms with E-state index in [0.717, 1.165) is 6.08 Å². The van der Waals surface area contributed by atoms with Crippen LogP contribution in [-0.4, -0.2) is 28.1 Å². The summed E-state index contributed by atoms with van der Waals surface area (Å²) in [6.45, 7) is 5.91. The van der Waals surface area contributed by atoms with Crippen molar-refractivity contribution in [2.45, 2.75) is 6.42 Å². The molecule has 0 fully saturated rings. The van der Waals surface area contributed by atoms with Crippen molar-refractivity contribution < 1.29 is 59.3 Å². The molecule has 2 N–H and O–H groups in total. The van der Waals surface area contributed by atoms with Crippen LogP contribution in [0.2, 0.25) is 0 Å². The number of carboxylic acids is 3. The maximum atomic E-state index is 9.87. The minimum absolute atomic E-state index is 0. The van der Waals surface area contributed by atoms with Crippen LogP contribution in [0.5, 0.6) is 0 Å². The van der Waals surface area contributed by atoms with Gasteiger partial charge in [-0.1, -0.05) is 13.2 Å². The fraction of sp³-hybridized carbons (Fsp3) is 0.125. The first-order chi connectivity index (χ1) is 6.31. The third kappa shape index (κ3) is 19.3. The number of hydrogen-bond donors (Lipinski definition) is 2. The number of carboxylic acid groups (broad SMARTS) is 3. The molecule has 0 bridgehead atoms.